The zero-order valence-electron chi connectivity index (χ0n) is 14.1. The van der Waals surface area contributed by atoms with E-state index in [0.29, 0.717) is 17.0 Å². The number of para-hydroxylation sites is 1. The Morgan fingerprint density at radius 2 is 1.85 bits per heavy atom. The summed E-state index contributed by atoms with van der Waals surface area (Å²) in [5.41, 5.74) is 1.36. The molecular weight excluding hydrogens is 330 g/mol. The van der Waals surface area contributed by atoms with Crippen molar-refractivity contribution < 1.29 is 9.53 Å². The number of ether oxygens (including phenoxy) is 1. The van der Waals surface area contributed by atoms with Crippen LogP contribution in [-0.2, 0) is 16.1 Å². The summed E-state index contributed by atoms with van der Waals surface area (Å²) in [5, 5.41) is 3.14. The van der Waals surface area contributed by atoms with Crippen molar-refractivity contribution in [3.8, 4) is 0 Å². The van der Waals surface area contributed by atoms with Crippen LogP contribution >= 0.6 is 0 Å². The number of hydrogen-bond donors (Lipinski definition) is 1. The Balaban J connectivity index is 0.00000243. The fraction of sp³-hybridized carbons (Fsp3) is 0.250. The Hall–Kier alpha value is -3.15. The largest absolute Gasteiger partial charge is 0.460 e. The topological polar surface area (TPSA) is 72.7 Å². The molecule has 0 aliphatic heterocycles. The third-order valence-electron chi connectivity index (χ3n) is 3.69. The number of carbonyl (C=O) groups is 1. The maximum Gasteiger partial charge on any atom is 0.308 e. The van der Waals surface area contributed by atoms with Crippen LogP contribution in [0.5, 0.6) is 0 Å². The molecule has 0 radical (unpaired) electrons. The number of rotatable bonds is 5. The first-order valence-corrected chi connectivity index (χ1v) is 8.05. The van der Waals surface area contributed by atoms with E-state index in [1.165, 1.54) is 4.40 Å². The van der Waals surface area contributed by atoms with Gasteiger partial charge < -0.3 is 10.1 Å². The minimum atomic E-state index is -0.358. The van der Waals surface area contributed by atoms with E-state index in [1.807, 2.05) is 36.4 Å². The van der Waals surface area contributed by atoms with Crippen LogP contribution in [0.2, 0.25) is 0 Å². The van der Waals surface area contributed by atoms with Gasteiger partial charge in [-0.15, -0.1) is 0 Å². The molecule has 2 aromatic heterocycles. The van der Waals surface area contributed by atoms with Crippen molar-refractivity contribution in [1.29, 1.82) is 0 Å². The molecule has 6 nitrogen and oxygen atoms in total. The first kappa shape index (κ1) is 19.2. The second-order valence-corrected chi connectivity index (χ2v) is 5.93. The van der Waals surface area contributed by atoms with Crippen LogP contribution in [0.15, 0.2) is 59.5 Å². The molecule has 3 rings (SSSR count). The fourth-order valence-electron chi connectivity index (χ4n) is 2.33. The van der Waals surface area contributed by atoms with Gasteiger partial charge in [0.15, 0.2) is 0 Å². The number of nitrogens with one attached hydrogen (secondary N) is 1. The number of esters is 1. The lowest BCUT2D eigenvalue weighted by atomic mass is 10.2. The molecule has 26 heavy (non-hydrogen) atoms. The van der Waals surface area contributed by atoms with E-state index in [2.05, 4.69) is 10.3 Å². The van der Waals surface area contributed by atoms with Gasteiger partial charge in [-0.1, -0.05) is 45.5 Å². The van der Waals surface area contributed by atoms with Crippen LogP contribution < -0.4 is 10.9 Å². The molecule has 0 aliphatic carbocycles. The summed E-state index contributed by atoms with van der Waals surface area (Å²) in [6.45, 7) is 3.36. The molecule has 6 heteroatoms. The monoisotopic (exact) mass is 353 g/mol. The molecule has 0 saturated carbocycles. The molecule has 0 fully saturated rings. The molecule has 1 N–H and O–H groups in total. The van der Waals surface area contributed by atoms with Gasteiger partial charge in [0.1, 0.15) is 18.1 Å². The molecule has 0 unspecified atom stereocenters. The summed E-state index contributed by atoms with van der Waals surface area (Å²) in [5.74, 6) is -0.233. The van der Waals surface area contributed by atoms with Gasteiger partial charge in [0.25, 0.3) is 5.56 Å². The van der Waals surface area contributed by atoms with Crippen LogP contribution in [0.25, 0.3) is 5.65 Å². The molecule has 2 heterocycles. The van der Waals surface area contributed by atoms with Gasteiger partial charge in [0, 0.05) is 11.9 Å². The highest BCUT2D eigenvalue weighted by Gasteiger charge is 2.16. The zero-order chi connectivity index (χ0) is 17.8. The molecule has 3 aromatic rings. The van der Waals surface area contributed by atoms with Crippen molar-refractivity contribution in [3.63, 3.8) is 0 Å². The highest BCUT2D eigenvalue weighted by molar-refractivity contribution is 5.71. The first-order chi connectivity index (χ1) is 12.1. The van der Waals surface area contributed by atoms with Crippen molar-refractivity contribution >= 4 is 23.1 Å². The third-order valence-corrected chi connectivity index (χ3v) is 3.69. The standard InChI is InChI=1S/C19H19N3O3.CH4/c1-13(2)19(24)25-12-15-17(20-14-8-4-3-5-9-14)21-16-10-6-7-11-22(16)18(15)23;/h3-11,13,20H,12H2,1-2H3;1H4. The quantitative estimate of drug-likeness (QED) is 0.707. The Morgan fingerprint density at radius 3 is 2.54 bits per heavy atom. The number of anilines is 2. The lowest BCUT2D eigenvalue weighted by molar-refractivity contribution is -0.148. The van der Waals surface area contributed by atoms with Gasteiger partial charge in [-0.25, -0.2) is 4.98 Å². The summed E-state index contributed by atoms with van der Waals surface area (Å²) < 4.78 is 6.70. The Labute approximate surface area is 152 Å². The van der Waals surface area contributed by atoms with E-state index in [-0.39, 0.29) is 31.5 Å². The molecule has 0 bridgehead atoms. The smallest absolute Gasteiger partial charge is 0.308 e. The van der Waals surface area contributed by atoms with Crippen molar-refractivity contribution in [3.05, 3.63) is 70.6 Å². The molecule has 0 atom stereocenters. The van der Waals surface area contributed by atoms with E-state index in [9.17, 15) is 9.59 Å². The molecular formula is C20H23N3O3. The normalized spacial score (nSPS) is 10.4. The predicted octanol–water partition coefficient (Wildman–Crippen LogP) is 3.77. The average molecular weight is 353 g/mol. The summed E-state index contributed by atoms with van der Waals surface area (Å²) in [7, 11) is 0. The van der Waals surface area contributed by atoms with Crippen LogP contribution in [0.1, 0.15) is 26.8 Å². The second kappa shape index (κ2) is 8.29. The minimum Gasteiger partial charge on any atom is -0.460 e. The first-order valence-electron chi connectivity index (χ1n) is 8.05. The Bertz CT molecular complexity index is 949. The number of pyridine rings is 1. The molecule has 0 aliphatic rings. The van der Waals surface area contributed by atoms with E-state index in [0.717, 1.165) is 5.69 Å². The number of aromatic nitrogens is 2. The predicted molar refractivity (Wildman–Crippen MR) is 103 cm³/mol. The lowest BCUT2D eigenvalue weighted by Gasteiger charge is -2.13. The van der Waals surface area contributed by atoms with E-state index < -0.39 is 0 Å². The van der Waals surface area contributed by atoms with Gasteiger partial charge in [-0.2, -0.15) is 0 Å². The molecule has 1 aromatic carbocycles. The van der Waals surface area contributed by atoms with Gasteiger partial charge in [0.05, 0.1) is 11.5 Å². The van der Waals surface area contributed by atoms with E-state index >= 15 is 0 Å². The summed E-state index contributed by atoms with van der Waals surface area (Å²) >= 11 is 0. The van der Waals surface area contributed by atoms with Gasteiger partial charge >= 0.3 is 5.97 Å². The van der Waals surface area contributed by atoms with Crippen LogP contribution in [0, 0.1) is 5.92 Å². The number of carbonyl (C=O) groups excluding carboxylic acids is 1. The molecule has 0 saturated heterocycles. The highest BCUT2D eigenvalue weighted by atomic mass is 16.5. The van der Waals surface area contributed by atoms with Gasteiger partial charge in [-0.3, -0.25) is 14.0 Å². The van der Waals surface area contributed by atoms with Crippen LogP contribution in [-0.4, -0.2) is 15.4 Å². The summed E-state index contributed by atoms with van der Waals surface area (Å²) in [4.78, 5) is 29.1. The van der Waals surface area contributed by atoms with E-state index in [4.69, 9.17) is 4.74 Å². The average Bonchev–Trinajstić information content (AvgIpc) is 2.62. The van der Waals surface area contributed by atoms with Crippen molar-refractivity contribution in [1.82, 2.24) is 9.38 Å². The molecule has 136 valence electrons. The maximum absolute atomic E-state index is 12.8. The van der Waals surface area contributed by atoms with Crippen LogP contribution in [0.3, 0.4) is 0 Å². The SMILES string of the molecule is C.CC(C)C(=O)OCc1c(Nc2ccccc2)nc2ccccn2c1=O. The number of nitrogens with zero attached hydrogens (tertiary/aromatic N) is 2. The Morgan fingerprint density at radius 1 is 1.15 bits per heavy atom. The molecule has 0 spiro atoms. The van der Waals surface area contributed by atoms with Crippen molar-refractivity contribution in [2.75, 3.05) is 5.32 Å². The second-order valence-electron chi connectivity index (χ2n) is 5.93. The number of hydrogen-bond acceptors (Lipinski definition) is 5. The third kappa shape index (κ3) is 4.08. The minimum absolute atomic E-state index is 0. The van der Waals surface area contributed by atoms with Crippen molar-refractivity contribution in [2.24, 2.45) is 5.92 Å². The Kier molecular flexibility index (Phi) is 6.11. The van der Waals surface area contributed by atoms with Crippen molar-refractivity contribution in [2.45, 2.75) is 27.9 Å². The number of benzene rings is 1. The summed E-state index contributed by atoms with van der Waals surface area (Å²) in [6, 6.07) is 14.7. The zero-order valence-corrected chi connectivity index (χ0v) is 14.1. The van der Waals surface area contributed by atoms with E-state index in [1.54, 1.807) is 32.2 Å². The fourth-order valence-corrected chi connectivity index (χ4v) is 2.33. The maximum atomic E-state index is 12.8. The summed E-state index contributed by atoms with van der Waals surface area (Å²) in [6.07, 6.45) is 1.64. The van der Waals surface area contributed by atoms with Gasteiger partial charge in [-0.05, 0) is 24.3 Å². The number of fused-ring (bicyclic) bond motifs is 1. The van der Waals surface area contributed by atoms with Gasteiger partial charge in [0.2, 0.25) is 0 Å². The highest BCUT2D eigenvalue weighted by Crippen LogP contribution is 2.18. The molecule has 0 amide bonds. The lowest BCUT2D eigenvalue weighted by Crippen LogP contribution is -2.24. The van der Waals surface area contributed by atoms with Crippen LogP contribution in [0.4, 0.5) is 11.5 Å².